The fourth-order valence-corrected chi connectivity index (χ4v) is 2.58. The molecule has 0 fully saturated rings. The molecule has 0 aromatic heterocycles. The van der Waals surface area contributed by atoms with Gasteiger partial charge in [-0.25, -0.2) is 0 Å². The van der Waals surface area contributed by atoms with Gasteiger partial charge in [0.15, 0.2) is 6.29 Å². The second-order valence-corrected chi connectivity index (χ2v) is 5.58. The van der Waals surface area contributed by atoms with E-state index in [1.807, 2.05) is 20.8 Å². The molecule has 2 nitrogen and oxygen atoms in total. The topological polar surface area (TPSA) is 26.3 Å². The molecule has 0 unspecified atom stereocenters. The molecule has 0 spiro atoms. The smallest absolute Gasteiger partial charge is 0.150 e. The lowest BCUT2D eigenvalue weighted by Gasteiger charge is -2.35. The van der Waals surface area contributed by atoms with Crippen LogP contribution in [-0.2, 0) is 6.42 Å². The monoisotopic (exact) mass is 232 g/mol. The highest BCUT2D eigenvalue weighted by atomic mass is 16.5. The van der Waals surface area contributed by atoms with Crippen LogP contribution in [-0.4, -0.2) is 11.9 Å². The molecule has 1 aliphatic rings. The summed E-state index contributed by atoms with van der Waals surface area (Å²) < 4.78 is 6.10. The van der Waals surface area contributed by atoms with Crippen molar-refractivity contribution in [3.05, 3.63) is 27.8 Å². The van der Waals surface area contributed by atoms with Crippen LogP contribution in [0.4, 0.5) is 0 Å². The van der Waals surface area contributed by atoms with Gasteiger partial charge in [-0.2, -0.15) is 0 Å². The number of rotatable bonds is 1. The predicted octanol–water partition coefficient (Wildman–Crippen LogP) is 3.53. The first kappa shape index (κ1) is 12.2. The van der Waals surface area contributed by atoms with E-state index in [0.29, 0.717) is 0 Å². The number of fused-ring (bicyclic) bond motifs is 1. The Morgan fingerprint density at radius 1 is 1.12 bits per heavy atom. The number of carbonyl (C=O) groups excluding carboxylic acids is 1. The first-order chi connectivity index (χ1) is 7.87. The Hall–Kier alpha value is -1.31. The first-order valence-electron chi connectivity index (χ1n) is 6.14. The standard InChI is InChI=1S/C15H20O2/c1-9-10(2)14-12(11(3)13(9)8-16)6-7-15(4,5)17-14/h8H,6-7H2,1-5H3. The number of aldehydes is 1. The van der Waals surface area contributed by atoms with E-state index >= 15 is 0 Å². The Bertz CT molecular complexity index is 484. The summed E-state index contributed by atoms with van der Waals surface area (Å²) in [5.74, 6) is 1.00. The summed E-state index contributed by atoms with van der Waals surface area (Å²) in [4.78, 5) is 11.2. The third-order valence-electron chi connectivity index (χ3n) is 3.91. The van der Waals surface area contributed by atoms with E-state index in [9.17, 15) is 4.79 Å². The maximum absolute atomic E-state index is 11.2. The maximum Gasteiger partial charge on any atom is 0.150 e. The van der Waals surface area contributed by atoms with Crippen molar-refractivity contribution in [2.45, 2.75) is 53.1 Å². The zero-order valence-corrected chi connectivity index (χ0v) is 11.3. The predicted molar refractivity (Wildman–Crippen MR) is 69.1 cm³/mol. The highest BCUT2D eigenvalue weighted by Crippen LogP contribution is 2.40. The van der Waals surface area contributed by atoms with Crippen LogP contribution in [0.5, 0.6) is 5.75 Å². The molecule has 17 heavy (non-hydrogen) atoms. The van der Waals surface area contributed by atoms with Crippen molar-refractivity contribution < 1.29 is 9.53 Å². The Balaban J connectivity index is 2.68. The Morgan fingerprint density at radius 2 is 1.76 bits per heavy atom. The molecular formula is C15H20O2. The average molecular weight is 232 g/mol. The number of carbonyl (C=O) groups is 1. The van der Waals surface area contributed by atoms with Crippen molar-refractivity contribution >= 4 is 6.29 Å². The van der Waals surface area contributed by atoms with Gasteiger partial charge in [0.2, 0.25) is 0 Å². The molecule has 2 rings (SSSR count). The van der Waals surface area contributed by atoms with E-state index in [0.717, 1.165) is 47.1 Å². The molecule has 2 heteroatoms. The van der Waals surface area contributed by atoms with Gasteiger partial charge in [-0.15, -0.1) is 0 Å². The van der Waals surface area contributed by atoms with Crippen LogP contribution in [0.2, 0.25) is 0 Å². The van der Waals surface area contributed by atoms with E-state index in [1.54, 1.807) is 0 Å². The third kappa shape index (κ3) is 1.86. The van der Waals surface area contributed by atoms with Gasteiger partial charge in [0.1, 0.15) is 11.4 Å². The molecule has 1 aliphatic heterocycles. The molecule has 0 amide bonds. The molecule has 0 radical (unpaired) electrons. The van der Waals surface area contributed by atoms with Crippen LogP contribution in [0.15, 0.2) is 0 Å². The molecule has 92 valence electrons. The van der Waals surface area contributed by atoms with Crippen molar-refractivity contribution in [1.29, 1.82) is 0 Å². The summed E-state index contributed by atoms with van der Waals surface area (Å²) in [5.41, 5.74) is 5.21. The van der Waals surface area contributed by atoms with Crippen LogP contribution in [0.25, 0.3) is 0 Å². The minimum atomic E-state index is -0.0979. The van der Waals surface area contributed by atoms with Crippen LogP contribution < -0.4 is 4.74 Å². The fraction of sp³-hybridized carbons (Fsp3) is 0.533. The summed E-state index contributed by atoms with van der Waals surface area (Å²) in [5, 5.41) is 0. The second kappa shape index (κ2) is 3.86. The van der Waals surface area contributed by atoms with Gasteiger partial charge >= 0.3 is 0 Å². The summed E-state index contributed by atoms with van der Waals surface area (Å²) in [6.45, 7) is 10.3. The number of benzene rings is 1. The first-order valence-corrected chi connectivity index (χ1v) is 6.14. The van der Waals surface area contributed by atoms with Gasteiger partial charge in [-0.3, -0.25) is 4.79 Å². The Labute approximate surface area is 103 Å². The van der Waals surface area contributed by atoms with Gasteiger partial charge < -0.3 is 4.74 Å². The number of hydrogen-bond acceptors (Lipinski definition) is 2. The van der Waals surface area contributed by atoms with Gasteiger partial charge in [0.05, 0.1) is 0 Å². The van der Waals surface area contributed by atoms with Crippen LogP contribution >= 0.6 is 0 Å². The molecule has 1 aromatic carbocycles. The number of hydrogen-bond donors (Lipinski definition) is 0. The van der Waals surface area contributed by atoms with E-state index in [4.69, 9.17) is 4.74 Å². The molecule has 0 atom stereocenters. The zero-order chi connectivity index (χ0) is 12.8. The molecular weight excluding hydrogens is 212 g/mol. The van der Waals surface area contributed by atoms with Crippen molar-refractivity contribution in [1.82, 2.24) is 0 Å². The van der Waals surface area contributed by atoms with Crippen molar-refractivity contribution in [2.24, 2.45) is 0 Å². The maximum atomic E-state index is 11.2. The summed E-state index contributed by atoms with van der Waals surface area (Å²) in [7, 11) is 0. The molecule has 0 saturated heterocycles. The van der Waals surface area contributed by atoms with Crippen LogP contribution in [0, 0.1) is 20.8 Å². The van der Waals surface area contributed by atoms with Gasteiger partial charge in [-0.1, -0.05) is 0 Å². The minimum Gasteiger partial charge on any atom is -0.487 e. The van der Waals surface area contributed by atoms with Crippen molar-refractivity contribution in [3.8, 4) is 5.75 Å². The Kier molecular flexibility index (Phi) is 2.76. The molecule has 0 N–H and O–H groups in total. The third-order valence-corrected chi connectivity index (χ3v) is 3.91. The molecule has 1 heterocycles. The molecule has 0 saturated carbocycles. The lowest BCUT2D eigenvalue weighted by atomic mass is 9.86. The highest BCUT2D eigenvalue weighted by Gasteiger charge is 2.30. The lowest BCUT2D eigenvalue weighted by Crippen LogP contribution is -2.33. The quantitative estimate of drug-likeness (QED) is 0.692. The summed E-state index contributed by atoms with van der Waals surface area (Å²) in [6.07, 6.45) is 2.97. The summed E-state index contributed by atoms with van der Waals surface area (Å²) in [6, 6.07) is 0. The fourth-order valence-electron chi connectivity index (χ4n) is 2.58. The Morgan fingerprint density at radius 3 is 2.35 bits per heavy atom. The second-order valence-electron chi connectivity index (χ2n) is 5.58. The van der Waals surface area contributed by atoms with Crippen molar-refractivity contribution in [2.75, 3.05) is 0 Å². The average Bonchev–Trinajstić information content (AvgIpc) is 2.26. The molecule has 0 bridgehead atoms. The van der Waals surface area contributed by atoms with Crippen LogP contribution in [0.3, 0.4) is 0 Å². The number of ether oxygens (including phenoxy) is 1. The van der Waals surface area contributed by atoms with E-state index in [-0.39, 0.29) is 5.60 Å². The largest absolute Gasteiger partial charge is 0.487 e. The normalized spacial score (nSPS) is 17.2. The van der Waals surface area contributed by atoms with E-state index in [1.165, 1.54) is 5.56 Å². The SMILES string of the molecule is Cc1c(C)c2c(c(C)c1C=O)CCC(C)(C)O2. The minimum absolute atomic E-state index is 0.0979. The zero-order valence-electron chi connectivity index (χ0n) is 11.3. The lowest BCUT2D eigenvalue weighted by molar-refractivity contribution is 0.0833. The van der Waals surface area contributed by atoms with Crippen molar-refractivity contribution in [3.63, 3.8) is 0 Å². The van der Waals surface area contributed by atoms with Gasteiger partial charge in [0, 0.05) is 5.56 Å². The highest BCUT2D eigenvalue weighted by molar-refractivity contribution is 5.82. The van der Waals surface area contributed by atoms with Gasteiger partial charge in [0.25, 0.3) is 0 Å². The van der Waals surface area contributed by atoms with Gasteiger partial charge in [-0.05, 0) is 69.7 Å². The summed E-state index contributed by atoms with van der Waals surface area (Å²) >= 11 is 0. The van der Waals surface area contributed by atoms with E-state index in [2.05, 4.69) is 13.8 Å². The molecule has 1 aromatic rings. The molecule has 0 aliphatic carbocycles. The van der Waals surface area contributed by atoms with Crippen LogP contribution in [0.1, 0.15) is 52.9 Å². The van der Waals surface area contributed by atoms with E-state index < -0.39 is 0 Å².